The summed E-state index contributed by atoms with van der Waals surface area (Å²) in [7, 11) is 1.32. The second kappa shape index (κ2) is 6.50. The molecule has 0 fully saturated rings. The number of anilines is 2. The lowest BCUT2D eigenvalue weighted by atomic mass is 10.1. The van der Waals surface area contributed by atoms with Gasteiger partial charge in [-0.2, -0.15) is 0 Å². The van der Waals surface area contributed by atoms with Gasteiger partial charge in [-0.1, -0.05) is 35.9 Å². The van der Waals surface area contributed by atoms with Crippen molar-refractivity contribution in [3.05, 3.63) is 58.1 Å². The fraction of sp³-hybridized carbons (Fsp3) is 0.188. The molecule has 0 aliphatic carbocycles. The first-order chi connectivity index (χ1) is 10.0. The summed E-state index contributed by atoms with van der Waals surface area (Å²) in [6.45, 7) is 2.59. The minimum atomic E-state index is -0.475. The molecule has 0 heterocycles. The molecule has 2 aromatic rings. The molecule has 0 aliphatic heterocycles. The summed E-state index contributed by atoms with van der Waals surface area (Å²) in [6.07, 6.45) is 0. The van der Waals surface area contributed by atoms with E-state index in [2.05, 4.69) is 5.32 Å². The summed E-state index contributed by atoms with van der Waals surface area (Å²) in [6, 6.07) is 11.2. The second-order valence-corrected chi connectivity index (χ2v) is 5.10. The maximum absolute atomic E-state index is 11.8. The number of hydrogen-bond donors (Lipinski definition) is 2. The van der Waals surface area contributed by atoms with Crippen molar-refractivity contribution in [3.8, 4) is 0 Å². The van der Waals surface area contributed by atoms with E-state index >= 15 is 0 Å². The molecular formula is C16H17ClN2O2. The number of hydrogen-bond acceptors (Lipinski definition) is 4. The highest BCUT2D eigenvalue weighted by molar-refractivity contribution is 6.34. The molecule has 2 aromatic carbocycles. The van der Waals surface area contributed by atoms with Crippen LogP contribution in [-0.4, -0.2) is 13.1 Å². The maximum Gasteiger partial charge on any atom is 0.340 e. The van der Waals surface area contributed by atoms with Gasteiger partial charge in [-0.05, 0) is 30.2 Å². The molecule has 4 nitrogen and oxygen atoms in total. The lowest BCUT2D eigenvalue weighted by Gasteiger charge is -2.14. The molecule has 0 aromatic heterocycles. The van der Waals surface area contributed by atoms with E-state index in [1.165, 1.54) is 7.11 Å². The number of nitrogen functional groups attached to an aromatic ring is 1. The predicted molar refractivity (Wildman–Crippen MR) is 85.7 cm³/mol. The van der Waals surface area contributed by atoms with Crippen molar-refractivity contribution in [1.29, 1.82) is 0 Å². The van der Waals surface area contributed by atoms with Crippen molar-refractivity contribution in [1.82, 2.24) is 0 Å². The summed E-state index contributed by atoms with van der Waals surface area (Å²) < 4.78 is 4.77. The van der Waals surface area contributed by atoms with E-state index in [4.69, 9.17) is 22.1 Å². The van der Waals surface area contributed by atoms with Crippen molar-refractivity contribution in [2.24, 2.45) is 0 Å². The molecular weight excluding hydrogens is 288 g/mol. The van der Waals surface area contributed by atoms with Gasteiger partial charge in [0.05, 0.1) is 23.4 Å². The molecule has 0 atom stereocenters. The summed E-state index contributed by atoms with van der Waals surface area (Å²) in [4.78, 5) is 11.8. The topological polar surface area (TPSA) is 64.3 Å². The van der Waals surface area contributed by atoms with Gasteiger partial charge in [0.25, 0.3) is 0 Å². The van der Waals surface area contributed by atoms with Crippen LogP contribution in [0.15, 0.2) is 36.4 Å². The maximum atomic E-state index is 11.8. The number of ether oxygens (including phenoxy) is 1. The van der Waals surface area contributed by atoms with Crippen LogP contribution >= 0.6 is 11.6 Å². The molecule has 0 unspecified atom stereocenters. The first-order valence-corrected chi connectivity index (χ1v) is 6.86. The molecule has 0 bridgehead atoms. The van der Waals surface area contributed by atoms with Crippen LogP contribution in [-0.2, 0) is 11.3 Å². The van der Waals surface area contributed by atoms with Crippen LogP contribution in [0.5, 0.6) is 0 Å². The number of carbonyl (C=O) groups excluding carboxylic acids is 1. The van der Waals surface area contributed by atoms with Crippen LogP contribution in [0.3, 0.4) is 0 Å². The van der Waals surface area contributed by atoms with Crippen molar-refractivity contribution < 1.29 is 9.53 Å². The van der Waals surface area contributed by atoms with Gasteiger partial charge in [-0.15, -0.1) is 0 Å². The lowest BCUT2D eigenvalue weighted by molar-refractivity contribution is 0.0602. The molecule has 0 aliphatic rings. The lowest BCUT2D eigenvalue weighted by Crippen LogP contribution is -2.10. The Kier molecular flexibility index (Phi) is 4.70. The van der Waals surface area contributed by atoms with Gasteiger partial charge in [0.1, 0.15) is 0 Å². The number of esters is 1. The minimum Gasteiger partial charge on any atom is -0.465 e. The molecule has 0 spiro atoms. The van der Waals surface area contributed by atoms with Gasteiger partial charge in [0.2, 0.25) is 0 Å². The fourth-order valence-corrected chi connectivity index (χ4v) is 2.36. The van der Waals surface area contributed by atoms with E-state index in [1.807, 2.05) is 31.2 Å². The number of halogens is 1. The number of carbonyl (C=O) groups is 1. The standard InChI is InChI=1S/C16H17ClN2O2/c1-10-5-3-4-6-11(10)9-19-15-13(16(20)21-2)7-12(18)8-14(15)17/h3-8,19H,9,18H2,1-2H3. The van der Waals surface area contributed by atoms with Crippen LogP contribution in [0.1, 0.15) is 21.5 Å². The van der Waals surface area contributed by atoms with Gasteiger partial charge in [0.15, 0.2) is 0 Å². The summed E-state index contributed by atoms with van der Waals surface area (Å²) in [5, 5.41) is 3.59. The highest BCUT2D eigenvalue weighted by Crippen LogP contribution is 2.30. The minimum absolute atomic E-state index is 0.330. The number of rotatable bonds is 4. The smallest absolute Gasteiger partial charge is 0.340 e. The molecule has 0 saturated carbocycles. The van der Waals surface area contributed by atoms with Gasteiger partial charge >= 0.3 is 5.97 Å². The van der Waals surface area contributed by atoms with E-state index < -0.39 is 5.97 Å². The van der Waals surface area contributed by atoms with E-state index in [0.29, 0.717) is 28.5 Å². The van der Waals surface area contributed by atoms with Crippen LogP contribution in [0.4, 0.5) is 11.4 Å². The first-order valence-electron chi connectivity index (χ1n) is 6.48. The Morgan fingerprint density at radius 2 is 2.05 bits per heavy atom. The highest BCUT2D eigenvalue weighted by atomic mass is 35.5. The molecule has 0 saturated heterocycles. The zero-order valence-electron chi connectivity index (χ0n) is 11.9. The molecule has 110 valence electrons. The summed E-state index contributed by atoms with van der Waals surface area (Å²) >= 11 is 6.19. The molecule has 2 rings (SSSR count). The van der Waals surface area contributed by atoms with E-state index in [0.717, 1.165) is 11.1 Å². The van der Waals surface area contributed by atoms with Gasteiger partial charge in [-0.3, -0.25) is 0 Å². The summed E-state index contributed by atoms with van der Waals surface area (Å²) in [5.74, 6) is -0.475. The Labute approximate surface area is 128 Å². The van der Waals surface area contributed by atoms with E-state index in [9.17, 15) is 4.79 Å². The largest absolute Gasteiger partial charge is 0.465 e. The Balaban J connectivity index is 2.31. The quantitative estimate of drug-likeness (QED) is 0.669. The van der Waals surface area contributed by atoms with Crippen molar-refractivity contribution in [2.75, 3.05) is 18.2 Å². The Morgan fingerprint density at radius 3 is 2.71 bits per heavy atom. The monoisotopic (exact) mass is 304 g/mol. The Bertz CT molecular complexity index is 671. The number of aryl methyl sites for hydroxylation is 1. The first kappa shape index (κ1) is 15.2. The molecule has 0 amide bonds. The zero-order chi connectivity index (χ0) is 15.4. The van der Waals surface area contributed by atoms with Crippen LogP contribution < -0.4 is 11.1 Å². The Morgan fingerprint density at radius 1 is 1.33 bits per heavy atom. The van der Waals surface area contributed by atoms with Gasteiger partial charge in [0, 0.05) is 12.2 Å². The molecule has 3 N–H and O–H groups in total. The van der Waals surface area contributed by atoms with E-state index in [1.54, 1.807) is 12.1 Å². The van der Waals surface area contributed by atoms with Crippen LogP contribution in [0.2, 0.25) is 5.02 Å². The third-order valence-electron chi connectivity index (χ3n) is 3.23. The average Bonchev–Trinajstić information content (AvgIpc) is 2.46. The Hall–Kier alpha value is -2.20. The zero-order valence-corrected chi connectivity index (χ0v) is 12.7. The van der Waals surface area contributed by atoms with Crippen molar-refractivity contribution in [2.45, 2.75) is 13.5 Å². The third-order valence-corrected chi connectivity index (χ3v) is 3.53. The van der Waals surface area contributed by atoms with Gasteiger partial charge < -0.3 is 15.8 Å². The number of benzene rings is 2. The normalized spacial score (nSPS) is 10.2. The number of nitrogens with two attached hydrogens (primary N) is 1. The molecule has 5 heteroatoms. The van der Waals surface area contributed by atoms with E-state index in [-0.39, 0.29) is 0 Å². The van der Waals surface area contributed by atoms with Crippen molar-refractivity contribution in [3.63, 3.8) is 0 Å². The molecule has 21 heavy (non-hydrogen) atoms. The highest BCUT2D eigenvalue weighted by Gasteiger charge is 2.16. The number of methoxy groups -OCH3 is 1. The SMILES string of the molecule is COC(=O)c1cc(N)cc(Cl)c1NCc1ccccc1C. The third kappa shape index (κ3) is 3.47. The van der Waals surface area contributed by atoms with Crippen LogP contribution in [0.25, 0.3) is 0 Å². The molecule has 0 radical (unpaired) electrons. The van der Waals surface area contributed by atoms with Crippen molar-refractivity contribution >= 4 is 28.9 Å². The fourth-order valence-electron chi connectivity index (χ4n) is 2.07. The predicted octanol–water partition coefficient (Wildman–Crippen LogP) is 3.63. The van der Waals surface area contributed by atoms with Crippen LogP contribution in [0, 0.1) is 6.92 Å². The second-order valence-electron chi connectivity index (χ2n) is 4.70. The average molecular weight is 305 g/mol. The summed E-state index contributed by atoms with van der Waals surface area (Å²) in [5.41, 5.74) is 9.30. The number of nitrogens with one attached hydrogen (secondary N) is 1. The van der Waals surface area contributed by atoms with Gasteiger partial charge in [-0.25, -0.2) is 4.79 Å².